The van der Waals surface area contributed by atoms with Crippen LogP contribution in [-0.4, -0.2) is 20.9 Å². The summed E-state index contributed by atoms with van der Waals surface area (Å²) in [6, 6.07) is 3.10. The van der Waals surface area contributed by atoms with Crippen molar-refractivity contribution in [3.63, 3.8) is 0 Å². The molecule has 2 heterocycles. The van der Waals surface area contributed by atoms with Crippen molar-refractivity contribution in [2.45, 2.75) is 13.5 Å². The van der Waals surface area contributed by atoms with Gasteiger partial charge in [0, 0.05) is 18.2 Å². The molecule has 9 heteroatoms. The van der Waals surface area contributed by atoms with Crippen LogP contribution in [0.2, 0.25) is 0 Å². The lowest BCUT2D eigenvalue weighted by atomic mass is 10.2. The van der Waals surface area contributed by atoms with E-state index in [4.69, 9.17) is 10.2 Å². The second-order valence-electron chi connectivity index (χ2n) is 5.18. The molecule has 0 aliphatic carbocycles. The molecule has 3 rings (SSSR count). The number of anilines is 1. The molecule has 0 spiro atoms. The third-order valence-electron chi connectivity index (χ3n) is 3.43. The number of halogens is 2. The van der Waals surface area contributed by atoms with Gasteiger partial charge in [-0.1, -0.05) is 6.07 Å². The Bertz CT molecular complexity index is 929. The van der Waals surface area contributed by atoms with Crippen LogP contribution in [0, 0.1) is 18.6 Å². The predicted molar refractivity (Wildman–Crippen MR) is 84.2 cm³/mol. The Hall–Kier alpha value is -3.36. The molecule has 0 saturated heterocycles. The summed E-state index contributed by atoms with van der Waals surface area (Å²) in [5.74, 6) is -1.80. The van der Waals surface area contributed by atoms with E-state index in [2.05, 4.69) is 20.3 Å². The molecule has 0 unspecified atom stereocenters. The first-order valence-electron chi connectivity index (χ1n) is 7.21. The van der Waals surface area contributed by atoms with Gasteiger partial charge in [0.1, 0.15) is 17.3 Å². The molecule has 128 valence electrons. The monoisotopic (exact) mass is 345 g/mol. The number of carbonyl (C=O) groups is 1. The molecule has 25 heavy (non-hydrogen) atoms. The van der Waals surface area contributed by atoms with E-state index in [-0.39, 0.29) is 23.6 Å². The van der Waals surface area contributed by atoms with Gasteiger partial charge in [0.25, 0.3) is 5.91 Å². The van der Waals surface area contributed by atoms with Crippen LogP contribution in [0.15, 0.2) is 35.2 Å². The molecule has 3 aromatic rings. The topological polar surface area (TPSA) is 107 Å². The molecule has 7 nitrogen and oxygen atoms in total. The van der Waals surface area contributed by atoms with Crippen molar-refractivity contribution in [3.05, 3.63) is 59.4 Å². The summed E-state index contributed by atoms with van der Waals surface area (Å²) in [6.45, 7) is 1.50. The van der Waals surface area contributed by atoms with Gasteiger partial charge in [0.05, 0.1) is 11.9 Å². The average Bonchev–Trinajstić information content (AvgIpc) is 3.09. The number of aromatic nitrogens is 3. The van der Waals surface area contributed by atoms with Crippen LogP contribution >= 0.6 is 0 Å². The van der Waals surface area contributed by atoms with Gasteiger partial charge >= 0.3 is 0 Å². The fourth-order valence-electron chi connectivity index (χ4n) is 2.19. The van der Waals surface area contributed by atoms with Gasteiger partial charge in [-0.3, -0.25) is 4.79 Å². The second-order valence-corrected chi connectivity index (χ2v) is 5.18. The lowest BCUT2D eigenvalue weighted by Gasteiger charge is -2.09. The maximum Gasteiger partial charge on any atom is 0.274 e. The van der Waals surface area contributed by atoms with Gasteiger partial charge in [-0.2, -0.15) is 0 Å². The second kappa shape index (κ2) is 6.63. The zero-order chi connectivity index (χ0) is 18.0. The van der Waals surface area contributed by atoms with Crippen LogP contribution in [0.25, 0.3) is 11.5 Å². The Balaban J connectivity index is 1.79. The number of amides is 1. The Morgan fingerprint density at radius 3 is 2.80 bits per heavy atom. The lowest BCUT2D eigenvalue weighted by molar-refractivity contribution is 0.0946. The third kappa shape index (κ3) is 3.44. The number of nitrogens with one attached hydrogen (secondary N) is 1. The smallest absolute Gasteiger partial charge is 0.274 e. The summed E-state index contributed by atoms with van der Waals surface area (Å²) in [4.78, 5) is 24.3. The maximum absolute atomic E-state index is 13.6. The van der Waals surface area contributed by atoms with Crippen molar-refractivity contribution < 1.29 is 18.0 Å². The molecule has 0 saturated carbocycles. The summed E-state index contributed by atoms with van der Waals surface area (Å²) in [7, 11) is 0. The summed E-state index contributed by atoms with van der Waals surface area (Å²) >= 11 is 0. The average molecular weight is 345 g/mol. The fourth-order valence-corrected chi connectivity index (χ4v) is 2.19. The van der Waals surface area contributed by atoms with E-state index in [1.807, 2.05) is 0 Å². The summed E-state index contributed by atoms with van der Waals surface area (Å²) < 4.78 is 31.6. The van der Waals surface area contributed by atoms with Crippen molar-refractivity contribution in [2.75, 3.05) is 5.73 Å². The number of hydrogen-bond acceptors (Lipinski definition) is 6. The quantitative estimate of drug-likeness (QED) is 0.751. The maximum atomic E-state index is 13.6. The Kier molecular flexibility index (Phi) is 4.38. The number of hydrogen-bond donors (Lipinski definition) is 2. The molecule has 3 N–H and O–H groups in total. The first-order valence-corrected chi connectivity index (χ1v) is 7.21. The van der Waals surface area contributed by atoms with Crippen molar-refractivity contribution in [1.29, 1.82) is 0 Å². The van der Waals surface area contributed by atoms with Gasteiger partial charge in [0.15, 0.2) is 23.7 Å². The number of nitrogens with two attached hydrogens (primary N) is 1. The highest BCUT2D eigenvalue weighted by molar-refractivity contribution is 5.96. The number of nitrogens with zero attached hydrogens (tertiary/aromatic N) is 3. The molecule has 1 aromatic carbocycles. The number of oxazole rings is 1. The number of benzene rings is 1. The van der Waals surface area contributed by atoms with Crippen LogP contribution < -0.4 is 11.1 Å². The van der Waals surface area contributed by atoms with E-state index < -0.39 is 17.5 Å². The number of aryl methyl sites for hydroxylation is 1. The van der Waals surface area contributed by atoms with Crippen molar-refractivity contribution in [2.24, 2.45) is 0 Å². The van der Waals surface area contributed by atoms with Crippen LogP contribution in [0.1, 0.15) is 21.7 Å². The summed E-state index contributed by atoms with van der Waals surface area (Å²) in [6.07, 6.45) is 2.69. The van der Waals surface area contributed by atoms with Crippen molar-refractivity contribution in [1.82, 2.24) is 20.3 Å². The van der Waals surface area contributed by atoms with Gasteiger partial charge in [0.2, 0.25) is 0 Å². The van der Waals surface area contributed by atoms with Crippen molar-refractivity contribution in [3.8, 4) is 11.5 Å². The first-order chi connectivity index (χ1) is 12.0. The van der Waals surface area contributed by atoms with E-state index in [0.717, 1.165) is 12.1 Å². The Morgan fingerprint density at radius 2 is 2.12 bits per heavy atom. The minimum Gasteiger partial charge on any atom is -0.442 e. The number of nitrogen functional groups attached to an aromatic ring is 1. The van der Waals surface area contributed by atoms with E-state index >= 15 is 0 Å². The van der Waals surface area contributed by atoms with E-state index in [1.54, 1.807) is 6.92 Å². The highest BCUT2D eigenvalue weighted by Gasteiger charge is 2.18. The third-order valence-corrected chi connectivity index (χ3v) is 3.43. The van der Waals surface area contributed by atoms with E-state index in [0.29, 0.717) is 17.1 Å². The highest BCUT2D eigenvalue weighted by atomic mass is 19.1. The van der Waals surface area contributed by atoms with Crippen molar-refractivity contribution >= 4 is 11.7 Å². The highest BCUT2D eigenvalue weighted by Crippen LogP contribution is 2.22. The lowest BCUT2D eigenvalue weighted by Crippen LogP contribution is -2.26. The molecule has 0 radical (unpaired) electrons. The molecular formula is C16H13F2N5O2. The van der Waals surface area contributed by atoms with Gasteiger partial charge in [-0.25, -0.2) is 23.7 Å². The Labute approximate surface area is 140 Å². The number of rotatable bonds is 4. The molecule has 0 bridgehead atoms. The minimum absolute atomic E-state index is 0.0942. The van der Waals surface area contributed by atoms with E-state index in [1.165, 1.54) is 18.7 Å². The Morgan fingerprint density at radius 1 is 1.32 bits per heavy atom. The molecule has 0 fully saturated rings. The van der Waals surface area contributed by atoms with Crippen LogP contribution in [0.5, 0.6) is 0 Å². The zero-order valence-corrected chi connectivity index (χ0v) is 13.1. The van der Waals surface area contributed by atoms with E-state index in [9.17, 15) is 13.6 Å². The van der Waals surface area contributed by atoms with Crippen LogP contribution in [0.4, 0.5) is 14.6 Å². The minimum atomic E-state index is -0.754. The predicted octanol–water partition coefficient (Wildman–Crippen LogP) is 2.23. The van der Waals surface area contributed by atoms with Crippen LogP contribution in [-0.2, 0) is 6.54 Å². The zero-order valence-electron chi connectivity index (χ0n) is 13.1. The molecule has 0 aliphatic rings. The molecule has 1 amide bonds. The molecule has 0 aliphatic heterocycles. The molecule has 2 aromatic heterocycles. The number of carbonyl (C=O) groups excluding carboxylic acids is 1. The fraction of sp³-hybridized carbons (Fsp3) is 0.125. The SMILES string of the molecule is Cc1nc(C(=O)NCc2ccc(F)cc2F)c(N)nc1-c1cnco1. The normalized spacial score (nSPS) is 10.7. The molecule has 0 atom stereocenters. The first kappa shape index (κ1) is 16.5. The summed E-state index contributed by atoms with van der Waals surface area (Å²) in [5, 5.41) is 2.48. The standard InChI is InChI=1S/C16H13F2N5O2/c1-8-13(12-6-20-7-25-12)23-15(19)14(22-8)16(24)21-5-9-2-3-10(17)4-11(9)18/h2-4,6-7H,5H2,1H3,(H2,19,23)(H,21,24). The van der Waals surface area contributed by atoms with Crippen LogP contribution in [0.3, 0.4) is 0 Å². The molecular weight excluding hydrogens is 332 g/mol. The van der Waals surface area contributed by atoms with Gasteiger partial charge in [-0.05, 0) is 13.0 Å². The van der Waals surface area contributed by atoms with Gasteiger partial charge in [-0.15, -0.1) is 0 Å². The largest absolute Gasteiger partial charge is 0.442 e. The van der Waals surface area contributed by atoms with Gasteiger partial charge < -0.3 is 15.5 Å². The summed E-state index contributed by atoms with van der Waals surface area (Å²) in [5.41, 5.74) is 6.63.